The Hall–Kier alpha value is -4.34. The molecule has 4 aromatic carbocycles. The molecular weight excluding hydrogens is 562 g/mol. The van der Waals surface area contributed by atoms with Crippen LogP contribution in [0, 0.1) is 0 Å². The molecular formula is C31H30ClN3O5S. The van der Waals surface area contributed by atoms with Crippen LogP contribution in [-0.4, -0.2) is 33.4 Å². The molecule has 0 saturated carbocycles. The Morgan fingerprint density at radius 2 is 1.61 bits per heavy atom. The van der Waals surface area contributed by atoms with Crippen LogP contribution >= 0.6 is 11.6 Å². The van der Waals surface area contributed by atoms with Crippen molar-refractivity contribution in [3.63, 3.8) is 0 Å². The third kappa shape index (κ3) is 8.57. The van der Waals surface area contributed by atoms with Crippen LogP contribution in [0.3, 0.4) is 0 Å². The van der Waals surface area contributed by atoms with E-state index in [9.17, 15) is 13.2 Å². The molecule has 0 fully saturated rings. The highest BCUT2D eigenvalue weighted by atomic mass is 35.5. The zero-order valence-corrected chi connectivity index (χ0v) is 24.2. The monoisotopic (exact) mass is 591 g/mol. The molecule has 0 unspecified atom stereocenters. The average molecular weight is 592 g/mol. The van der Waals surface area contributed by atoms with Gasteiger partial charge in [-0.1, -0.05) is 54.1 Å². The lowest BCUT2D eigenvalue weighted by Crippen LogP contribution is -2.29. The van der Waals surface area contributed by atoms with Crippen LogP contribution in [-0.2, 0) is 23.2 Å². The Bertz CT molecular complexity index is 1590. The topological polar surface area (TPSA) is 97.3 Å². The quantitative estimate of drug-likeness (QED) is 0.160. The van der Waals surface area contributed by atoms with Crippen molar-refractivity contribution in [3.8, 4) is 11.5 Å². The summed E-state index contributed by atoms with van der Waals surface area (Å²) < 4.78 is 37.9. The SMILES string of the molecule is CCOc1cc(/C=N\NC(=O)c2ccc(N(Cc3ccc(Cl)cc3)S(C)(=O)=O)cc2)ccc1OCc1ccccc1. The van der Waals surface area contributed by atoms with Gasteiger partial charge < -0.3 is 9.47 Å². The van der Waals surface area contributed by atoms with E-state index in [2.05, 4.69) is 10.5 Å². The number of sulfonamides is 1. The fraction of sp³-hybridized carbons (Fsp3) is 0.161. The van der Waals surface area contributed by atoms with Crippen molar-refractivity contribution in [2.45, 2.75) is 20.1 Å². The minimum absolute atomic E-state index is 0.131. The van der Waals surface area contributed by atoms with E-state index < -0.39 is 15.9 Å². The van der Waals surface area contributed by atoms with Crippen LogP contribution in [0.15, 0.2) is 102 Å². The first kappa shape index (κ1) is 29.6. The maximum atomic E-state index is 12.7. The zero-order chi connectivity index (χ0) is 29.2. The molecule has 1 N–H and O–H groups in total. The summed E-state index contributed by atoms with van der Waals surface area (Å²) in [7, 11) is -3.58. The van der Waals surface area contributed by atoms with Crippen LogP contribution in [0.4, 0.5) is 5.69 Å². The van der Waals surface area contributed by atoms with Crippen molar-refractivity contribution >= 4 is 39.4 Å². The summed E-state index contributed by atoms with van der Waals surface area (Å²) in [6, 6.07) is 28.4. The molecule has 41 heavy (non-hydrogen) atoms. The molecule has 0 heterocycles. The van der Waals surface area contributed by atoms with E-state index in [0.717, 1.165) is 17.4 Å². The van der Waals surface area contributed by atoms with Crippen LogP contribution in [0.5, 0.6) is 11.5 Å². The fourth-order valence-corrected chi connectivity index (χ4v) is 4.91. The first-order valence-corrected chi connectivity index (χ1v) is 15.0. The predicted octanol–water partition coefficient (Wildman–Crippen LogP) is 6.05. The number of carbonyl (C=O) groups excluding carboxylic acids is 1. The van der Waals surface area contributed by atoms with E-state index >= 15 is 0 Å². The van der Waals surface area contributed by atoms with Crippen molar-refractivity contribution in [1.82, 2.24) is 5.43 Å². The predicted molar refractivity (Wildman–Crippen MR) is 162 cm³/mol. The van der Waals surface area contributed by atoms with Crippen LogP contribution in [0.1, 0.15) is 34.0 Å². The van der Waals surface area contributed by atoms with E-state index in [4.69, 9.17) is 21.1 Å². The Morgan fingerprint density at radius 1 is 0.902 bits per heavy atom. The molecule has 0 bridgehead atoms. The molecule has 212 valence electrons. The highest BCUT2D eigenvalue weighted by molar-refractivity contribution is 7.92. The van der Waals surface area contributed by atoms with Crippen molar-refractivity contribution in [3.05, 3.63) is 124 Å². The summed E-state index contributed by atoms with van der Waals surface area (Å²) in [5.41, 5.74) is 5.78. The zero-order valence-electron chi connectivity index (χ0n) is 22.7. The van der Waals surface area contributed by atoms with Gasteiger partial charge in [-0.05, 0) is 78.2 Å². The highest BCUT2D eigenvalue weighted by Crippen LogP contribution is 2.29. The van der Waals surface area contributed by atoms with E-state index in [1.807, 2.05) is 43.3 Å². The van der Waals surface area contributed by atoms with Gasteiger partial charge in [0.25, 0.3) is 5.91 Å². The van der Waals surface area contributed by atoms with Gasteiger partial charge in [0.2, 0.25) is 10.0 Å². The van der Waals surface area contributed by atoms with E-state index in [-0.39, 0.29) is 6.54 Å². The van der Waals surface area contributed by atoms with Gasteiger partial charge >= 0.3 is 0 Å². The van der Waals surface area contributed by atoms with Crippen molar-refractivity contribution < 1.29 is 22.7 Å². The number of ether oxygens (including phenoxy) is 2. The summed E-state index contributed by atoms with van der Waals surface area (Å²) in [5.74, 6) is 0.740. The molecule has 0 saturated heterocycles. The summed E-state index contributed by atoms with van der Waals surface area (Å²) in [6.45, 7) is 2.89. The number of halogens is 1. The summed E-state index contributed by atoms with van der Waals surface area (Å²) in [6.07, 6.45) is 2.64. The lowest BCUT2D eigenvalue weighted by molar-refractivity contribution is 0.0955. The van der Waals surface area contributed by atoms with Crippen LogP contribution in [0.25, 0.3) is 0 Å². The molecule has 8 nitrogen and oxygen atoms in total. The van der Waals surface area contributed by atoms with Crippen LogP contribution < -0.4 is 19.2 Å². The number of nitrogens with one attached hydrogen (secondary N) is 1. The first-order valence-electron chi connectivity index (χ1n) is 12.8. The van der Waals surface area contributed by atoms with Crippen molar-refractivity contribution in [2.24, 2.45) is 5.10 Å². The van der Waals surface area contributed by atoms with Gasteiger partial charge in [-0.3, -0.25) is 9.10 Å². The number of amides is 1. The number of hydrazone groups is 1. The molecule has 0 radical (unpaired) electrons. The highest BCUT2D eigenvalue weighted by Gasteiger charge is 2.18. The number of hydrogen-bond acceptors (Lipinski definition) is 6. The van der Waals surface area contributed by atoms with Gasteiger partial charge in [0.05, 0.1) is 31.3 Å². The fourth-order valence-electron chi connectivity index (χ4n) is 3.89. The normalized spacial score (nSPS) is 11.3. The minimum atomic E-state index is -3.58. The third-order valence-corrected chi connectivity index (χ3v) is 7.33. The molecule has 10 heteroatoms. The molecule has 0 spiro atoms. The lowest BCUT2D eigenvalue weighted by atomic mass is 10.2. The van der Waals surface area contributed by atoms with Crippen molar-refractivity contribution in [2.75, 3.05) is 17.2 Å². The number of carbonyl (C=O) groups is 1. The second-order valence-corrected chi connectivity index (χ2v) is 11.4. The van der Waals surface area contributed by atoms with Gasteiger partial charge in [0, 0.05) is 10.6 Å². The van der Waals surface area contributed by atoms with Crippen molar-refractivity contribution in [1.29, 1.82) is 0 Å². The van der Waals surface area contributed by atoms with E-state index in [0.29, 0.717) is 46.5 Å². The smallest absolute Gasteiger partial charge is 0.271 e. The summed E-state index contributed by atoms with van der Waals surface area (Å²) in [5, 5.41) is 4.63. The van der Waals surface area contributed by atoms with Gasteiger partial charge in [0.15, 0.2) is 11.5 Å². The Balaban J connectivity index is 1.39. The lowest BCUT2D eigenvalue weighted by Gasteiger charge is -2.22. The number of benzene rings is 4. The second kappa shape index (κ2) is 13.8. The van der Waals surface area contributed by atoms with E-state index in [1.54, 1.807) is 60.7 Å². The van der Waals surface area contributed by atoms with Gasteiger partial charge in [0.1, 0.15) is 6.61 Å². The minimum Gasteiger partial charge on any atom is -0.490 e. The molecule has 0 aliphatic rings. The first-order chi connectivity index (χ1) is 19.7. The number of hydrogen-bond donors (Lipinski definition) is 1. The number of nitrogens with zero attached hydrogens (tertiary/aromatic N) is 2. The summed E-state index contributed by atoms with van der Waals surface area (Å²) >= 11 is 5.94. The largest absolute Gasteiger partial charge is 0.490 e. The molecule has 4 aromatic rings. The number of rotatable bonds is 12. The molecule has 4 rings (SSSR count). The molecule has 1 amide bonds. The van der Waals surface area contributed by atoms with Gasteiger partial charge in [-0.25, -0.2) is 13.8 Å². The molecule has 0 aromatic heterocycles. The van der Waals surface area contributed by atoms with Crippen LogP contribution in [0.2, 0.25) is 5.02 Å². The Morgan fingerprint density at radius 3 is 2.27 bits per heavy atom. The Labute approximate surface area is 245 Å². The molecule has 0 aliphatic carbocycles. The maximum Gasteiger partial charge on any atom is 0.271 e. The van der Waals surface area contributed by atoms with E-state index in [1.165, 1.54) is 10.5 Å². The standard InChI is InChI=1S/C31H30ClN3O5S/c1-3-39-30-19-25(11-18-29(30)40-22-24-7-5-4-6-8-24)20-33-34-31(36)26-12-16-28(17-13-26)35(41(2,37)38)21-23-9-14-27(32)15-10-23/h4-20H,3,21-22H2,1-2H3,(H,34,36)/b33-20-. The number of anilines is 1. The second-order valence-electron chi connectivity index (χ2n) is 9.06. The Kier molecular flexibility index (Phi) is 10.00. The average Bonchev–Trinajstić information content (AvgIpc) is 2.96. The molecule has 0 atom stereocenters. The van der Waals surface area contributed by atoms with Gasteiger partial charge in [-0.2, -0.15) is 5.10 Å². The van der Waals surface area contributed by atoms with Gasteiger partial charge in [-0.15, -0.1) is 0 Å². The maximum absolute atomic E-state index is 12.7. The molecule has 0 aliphatic heterocycles. The third-order valence-electron chi connectivity index (χ3n) is 5.94. The summed E-state index contributed by atoms with van der Waals surface area (Å²) in [4.78, 5) is 12.7.